The van der Waals surface area contributed by atoms with Crippen molar-refractivity contribution < 1.29 is 0 Å². The van der Waals surface area contributed by atoms with Gasteiger partial charge in [-0.3, -0.25) is 0 Å². The lowest BCUT2D eigenvalue weighted by Gasteiger charge is -2.29. The van der Waals surface area contributed by atoms with Gasteiger partial charge < -0.3 is 18.3 Å². The molecular weight excluding hydrogens is 875 g/mol. The molecule has 0 saturated carbocycles. The number of rotatable bonds is 6. The third-order valence-corrected chi connectivity index (χ3v) is 15.0. The standard InChI is InChI=1S/C67H41N5/c68-42-53-61(43-22-4-1-5-23-43)65(70-54-34-16-10-28-46(54)47-29-11-17-35-55(47)70)67(66(62(53)44-24-6-2-7-25-44)71-56-36-18-12-30-48(56)49-31-13-19-37-57(49)71)72-58-38-20-14-32-50(58)51-40-41-60-63(64(51)72)52-33-15-21-39-59(52)69(60)45-26-8-3-9-27-45/h1-41H. The molecule has 5 heteroatoms. The number of aromatic nitrogens is 4. The first-order valence-electron chi connectivity index (χ1n) is 24.5. The molecule has 4 aromatic heterocycles. The van der Waals surface area contributed by atoms with Crippen molar-refractivity contribution in [3.8, 4) is 51.1 Å². The van der Waals surface area contributed by atoms with Gasteiger partial charge in [-0.15, -0.1) is 0 Å². The Bertz CT molecular complexity index is 4450. The molecular formula is C67H41N5. The molecule has 0 radical (unpaired) electrons. The zero-order valence-corrected chi connectivity index (χ0v) is 38.9. The number of fused-ring (bicyclic) bond motifs is 13. The van der Waals surface area contributed by atoms with Crippen LogP contribution in [0.5, 0.6) is 0 Å². The van der Waals surface area contributed by atoms with Crippen LogP contribution in [0.1, 0.15) is 5.56 Å². The molecule has 0 aliphatic rings. The molecule has 5 nitrogen and oxygen atoms in total. The van der Waals surface area contributed by atoms with Crippen molar-refractivity contribution >= 4 is 87.2 Å². The summed E-state index contributed by atoms with van der Waals surface area (Å²) in [6.45, 7) is 0. The predicted octanol–water partition coefficient (Wildman–Crippen LogP) is 17.3. The minimum atomic E-state index is 0.594. The van der Waals surface area contributed by atoms with Crippen molar-refractivity contribution in [1.82, 2.24) is 18.3 Å². The lowest BCUT2D eigenvalue weighted by molar-refractivity contribution is 1.05. The second-order valence-corrected chi connectivity index (χ2v) is 18.7. The molecule has 0 aliphatic carbocycles. The van der Waals surface area contributed by atoms with E-state index in [0.29, 0.717) is 5.56 Å². The van der Waals surface area contributed by atoms with Crippen molar-refractivity contribution in [2.24, 2.45) is 0 Å². The van der Waals surface area contributed by atoms with Crippen LogP contribution in [0.3, 0.4) is 0 Å². The average molecular weight is 916 g/mol. The van der Waals surface area contributed by atoms with Gasteiger partial charge in [-0.1, -0.05) is 194 Å². The highest BCUT2D eigenvalue weighted by atomic mass is 15.1. The topological polar surface area (TPSA) is 43.5 Å². The Morgan fingerprint density at radius 1 is 0.264 bits per heavy atom. The van der Waals surface area contributed by atoms with Crippen LogP contribution >= 0.6 is 0 Å². The Balaban J connectivity index is 1.31. The second kappa shape index (κ2) is 15.6. The third-order valence-electron chi connectivity index (χ3n) is 15.0. The van der Waals surface area contributed by atoms with Crippen LogP contribution < -0.4 is 0 Å². The van der Waals surface area contributed by atoms with Gasteiger partial charge in [-0.05, 0) is 65.7 Å². The van der Waals surface area contributed by atoms with E-state index < -0.39 is 0 Å². The molecule has 0 atom stereocenters. The minimum Gasteiger partial charge on any atom is -0.309 e. The molecule has 334 valence electrons. The van der Waals surface area contributed by atoms with Gasteiger partial charge in [0.05, 0.1) is 66.8 Å². The number of para-hydroxylation sites is 7. The minimum absolute atomic E-state index is 0.594. The number of nitrogens with zero attached hydrogens (tertiary/aromatic N) is 5. The van der Waals surface area contributed by atoms with Crippen molar-refractivity contribution in [3.63, 3.8) is 0 Å². The third kappa shape index (κ3) is 5.52. The van der Waals surface area contributed by atoms with E-state index in [1.165, 1.54) is 0 Å². The fourth-order valence-electron chi connectivity index (χ4n) is 12.2. The number of hydrogen-bond acceptors (Lipinski definition) is 1. The van der Waals surface area contributed by atoms with Gasteiger partial charge in [0.25, 0.3) is 0 Å². The van der Waals surface area contributed by atoms with Crippen molar-refractivity contribution in [3.05, 3.63) is 254 Å². The summed E-state index contributed by atoms with van der Waals surface area (Å²) in [5.74, 6) is 0. The Hall–Kier alpha value is -9.89. The van der Waals surface area contributed by atoms with Crippen LogP contribution in [0.15, 0.2) is 249 Å². The van der Waals surface area contributed by atoms with Gasteiger partial charge in [-0.2, -0.15) is 5.26 Å². The van der Waals surface area contributed by atoms with Gasteiger partial charge in [0.2, 0.25) is 0 Å². The SMILES string of the molecule is N#Cc1c(-c2ccccc2)c(-n2c3ccccc3c3ccccc32)c(-n2c3ccccc3c3ccc4c(c5ccccc5n4-c4ccccc4)c32)c(-n2c3ccccc3c3ccccc32)c1-c1ccccc1. The largest absolute Gasteiger partial charge is 0.309 e. The van der Waals surface area contributed by atoms with Gasteiger partial charge in [-0.25, -0.2) is 0 Å². The van der Waals surface area contributed by atoms with Crippen LogP contribution in [0.4, 0.5) is 0 Å². The van der Waals surface area contributed by atoms with Gasteiger partial charge in [0.15, 0.2) is 0 Å². The van der Waals surface area contributed by atoms with Crippen LogP contribution in [0.2, 0.25) is 0 Å². The number of nitriles is 1. The van der Waals surface area contributed by atoms with E-state index >= 15 is 0 Å². The summed E-state index contributed by atoms with van der Waals surface area (Å²) < 4.78 is 9.91. The quantitative estimate of drug-likeness (QED) is 0.164. The van der Waals surface area contributed by atoms with E-state index in [1.54, 1.807) is 0 Å². The smallest absolute Gasteiger partial charge is 0.101 e. The monoisotopic (exact) mass is 915 g/mol. The Kier molecular flexibility index (Phi) is 8.66. The summed E-state index contributed by atoms with van der Waals surface area (Å²) in [5.41, 5.74) is 16.7. The zero-order valence-electron chi connectivity index (χ0n) is 38.9. The maximum Gasteiger partial charge on any atom is 0.101 e. The molecule has 4 heterocycles. The molecule has 0 aliphatic heterocycles. The summed E-state index contributed by atoms with van der Waals surface area (Å²) in [4.78, 5) is 0. The van der Waals surface area contributed by atoms with Crippen LogP contribution in [0.25, 0.3) is 132 Å². The van der Waals surface area contributed by atoms with Crippen molar-refractivity contribution in [2.45, 2.75) is 0 Å². The molecule has 0 fully saturated rings. The Labute approximate surface area is 414 Å². The molecule has 0 bridgehead atoms. The summed E-state index contributed by atoms with van der Waals surface area (Å²) in [7, 11) is 0. The molecule has 0 N–H and O–H groups in total. The summed E-state index contributed by atoms with van der Waals surface area (Å²) in [5, 5.41) is 21.4. The first kappa shape index (κ1) is 40.0. The van der Waals surface area contributed by atoms with Crippen LogP contribution in [0, 0.1) is 11.3 Å². The molecule has 0 amide bonds. The predicted molar refractivity (Wildman–Crippen MR) is 299 cm³/mol. The zero-order chi connectivity index (χ0) is 47.4. The highest BCUT2D eigenvalue weighted by Crippen LogP contribution is 2.53. The second-order valence-electron chi connectivity index (χ2n) is 18.7. The summed E-state index contributed by atoms with van der Waals surface area (Å²) in [6.07, 6.45) is 0. The van der Waals surface area contributed by atoms with E-state index in [0.717, 1.165) is 132 Å². The molecule has 15 aromatic rings. The number of hydrogen-bond donors (Lipinski definition) is 0. The fraction of sp³-hybridized carbons (Fsp3) is 0. The first-order valence-corrected chi connectivity index (χ1v) is 24.5. The van der Waals surface area contributed by atoms with Gasteiger partial charge in [0, 0.05) is 59.9 Å². The van der Waals surface area contributed by atoms with Crippen molar-refractivity contribution in [2.75, 3.05) is 0 Å². The Morgan fingerprint density at radius 3 is 1.04 bits per heavy atom. The van der Waals surface area contributed by atoms with E-state index in [2.05, 4.69) is 273 Å². The summed E-state index contributed by atoms with van der Waals surface area (Å²) >= 11 is 0. The summed E-state index contributed by atoms with van der Waals surface area (Å²) in [6, 6.07) is 92.2. The highest BCUT2D eigenvalue weighted by molar-refractivity contribution is 6.27. The molecule has 0 saturated heterocycles. The van der Waals surface area contributed by atoms with Crippen LogP contribution in [-0.2, 0) is 0 Å². The first-order chi connectivity index (χ1) is 35.8. The van der Waals surface area contributed by atoms with E-state index in [4.69, 9.17) is 0 Å². The van der Waals surface area contributed by atoms with E-state index in [-0.39, 0.29) is 0 Å². The average Bonchev–Trinajstić information content (AvgIpc) is 4.18. The lowest BCUT2D eigenvalue weighted by atomic mass is 9.87. The molecule has 11 aromatic carbocycles. The lowest BCUT2D eigenvalue weighted by Crippen LogP contribution is -2.14. The van der Waals surface area contributed by atoms with Crippen LogP contribution in [-0.4, -0.2) is 18.3 Å². The maximum atomic E-state index is 12.3. The molecule has 0 unspecified atom stereocenters. The van der Waals surface area contributed by atoms with Gasteiger partial charge >= 0.3 is 0 Å². The van der Waals surface area contributed by atoms with E-state index in [9.17, 15) is 5.26 Å². The Morgan fingerprint density at radius 2 is 0.611 bits per heavy atom. The molecule has 0 spiro atoms. The van der Waals surface area contributed by atoms with Gasteiger partial charge in [0.1, 0.15) is 6.07 Å². The normalized spacial score (nSPS) is 11.9. The van der Waals surface area contributed by atoms with E-state index in [1.807, 2.05) is 0 Å². The van der Waals surface area contributed by atoms with Crippen molar-refractivity contribution in [1.29, 1.82) is 5.26 Å². The molecule has 15 rings (SSSR count). The fourth-order valence-corrected chi connectivity index (χ4v) is 12.2. The molecule has 72 heavy (non-hydrogen) atoms. The highest BCUT2D eigenvalue weighted by Gasteiger charge is 2.34. The number of benzene rings is 11. The maximum absolute atomic E-state index is 12.3.